The Hall–Kier alpha value is -1.34. The van der Waals surface area contributed by atoms with Crippen molar-refractivity contribution in [2.24, 2.45) is 0 Å². The van der Waals surface area contributed by atoms with Crippen LogP contribution in [0.1, 0.15) is 15.2 Å². The molecule has 0 aliphatic heterocycles. The van der Waals surface area contributed by atoms with Crippen LogP contribution in [-0.2, 0) is 0 Å². The normalized spacial score (nSPS) is 8.73. The van der Waals surface area contributed by atoms with Crippen LogP contribution >= 0.6 is 11.3 Å². The lowest BCUT2D eigenvalue weighted by molar-refractivity contribution is 0.0977. The minimum Gasteiger partial charge on any atom is -0.267 e. The minimum absolute atomic E-state index is 0.328. The molecule has 0 aliphatic rings. The number of rotatable bonds is 1. The number of carbonyl (C=O) groups excluding carboxylic acids is 1. The van der Waals surface area contributed by atoms with E-state index in [0.29, 0.717) is 4.88 Å². The van der Waals surface area contributed by atoms with E-state index >= 15 is 0 Å². The van der Waals surface area contributed by atoms with Crippen LogP contribution in [0.25, 0.3) is 0 Å². The maximum atomic E-state index is 10.9. The molecule has 3 nitrogen and oxygen atoms in total. The van der Waals surface area contributed by atoms with Crippen LogP contribution in [0.2, 0.25) is 0 Å². The largest absolute Gasteiger partial charge is 0.274 e. The highest BCUT2D eigenvalue weighted by molar-refractivity contribution is 7.12. The average Bonchev–Trinajstić information content (AvgIpc) is 2.36. The summed E-state index contributed by atoms with van der Waals surface area (Å²) in [5.41, 5.74) is 1.04. The van der Waals surface area contributed by atoms with Gasteiger partial charge in [-0.3, -0.25) is 10.1 Å². The van der Waals surface area contributed by atoms with Gasteiger partial charge in [0.05, 0.1) is 4.88 Å². The number of nitrogens with zero attached hydrogens (tertiary/aromatic N) is 1. The zero-order valence-electron chi connectivity index (χ0n) is 5.92. The summed E-state index contributed by atoms with van der Waals surface area (Å²) >= 11 is 1.33. The Morgan fingerprint density at radius 2 is 2.55 bits per heavy atom. The summed E-state index contributed by atoms with van der Waals surface area (Å²) in [6, 6.07) is 1.75. The molecule has 11 heavy (non-hydrogen) atoms. The van der Waals surface area contributed by atoms with Gasteiger partial charge in [-0.15, -0.1) is 11.3 Å². The first kappa shape index (κ1) is 7.76. The Bertz CT molecular complexity index is 310. The van der Waals surface area contributed by atoms with Crippen molar-refractivity contribution < 1.29 is 4.79 Å². The van der Waals surface area contributed by atoms with E-state index in [-0.39, 0.29) is 5.91 Å². The molecule has 0 unspecified atom stereocenters. The van der Waals surface area contributed by atoms with E-state index in [4.69, 9.17) is 5.26 Å². The van der Waals surface area contributed by atoms with Crippen molar-refractivity contribution in [2.45, 2.75) is 6.92 Å². The van der Waals surface area contributed by atoms with Gasteiger partial charge in [0, 0.05) is 0 Å². The summed E-state index contributed by atoms with van der Waals surface area (Å²) in [6.45, 7) is 1.90. The number of thiophene rings is 1. The molecule has 0 radical (unpaired) electrons. The van der Waals surface area contributed by atoms with Gasteiger partial charge in [-0.05, 0) is 23.9 Å². The Labute approximate surface area is 68.3 Å². The molecular weight excluding hydrogens is 160 g/mol. The van der Waals surface area contributed by atoms with Gasteiger partial charge in [0.1, 0.15) is 0 Å². The van der Waals surface area contributed by atoms with Crippen molar-refractivity contribution in [3.05, 3.63) is 21.9 Å². The second-order valence-corrected chi connectivity index (χ2v) is 2.97. The molecule has 0 saturated heterocycles. The summed E-state index contributed by atoms with van der Waals surface area (Å²) in [5, 5.41) is 12.0. The standard InChI is InChI=1S/C7H6N2OS/c1-5-2-6(11-3-5)7(10)9-4-8/h2-3H,1H3,(H,9,10). The Kier molecular flexibility index (Phi) is 2.24. The van der Waals surface area contributed by atoms with E-state index in [1.54, 1.807) is 12.3 Å². The van der Waals surface area contributed by atoms with Gasteiger partial charge in [0.25, 0.3) is 5.91 Å². The first-order chi connectivity index (χ1) is 5.24. The van der Waals surface area contributed by atoms with Crippen molar-refractivity contribution in [3.8, 4) is 6.19 Å². The summed E-state index contributed by atoms with van der Waals surface area (Å²) < 4.78 is 0. The quantitative estimate of drug-likeness (QED) is 0.504. The topological polar surface area (TPSA) is 52.9 Å². The third-order valence-corrected chi connectivity index (χ3v) is 2.17. The first-order valence-corrected chi connectivity index (χ1v) is 3.86. The molecule has 0 fully saturated rings. The van der Waals surface area contributed by atoms with Crippen molar-refractivity contribution in [1.82, 2.24) is 5.32 Å². The van der Waals surface area contributed by atoms with Crippen LogP contribution in [0.15, 0.2) is 11.4 Å². The number of aryl methyl sites for hydroxylation is 1. The average molecular weight is 166 g/mol. The lowest BCUT2D eigenvalue weighted by Gasteiger charge is -1.88. The van der Waals surface area contributed by atoms with Gasteiger partial charge in [-0.1, -0.05) is 0 Å². The Morgan fingerprint density at radius 3 is 3.00 bits per heavy atom. The third-order valence-electron chi connectivity index (χ3n) is 1.12. The summed E-state index contributed by atoms with van der Waals surface area (Å²) in [6.07, 6.45) is 1.58. The molecule has 56 valence electrons. The smallest absolute Gasteiger partial charge is 0.267 e. The molecule has 0 aromatic carbocycles. The van der Waals surface area contributed by atoms with Crippen LogP contribution in [0, 0.1) is 18.4 Å². The molecule has 0 aliphatic carbocycles. The highest BCUT2D eigenvalue weighted by Gasteiger charge is 2.05. The highest BCUT2D eigenvalue weighted by atomic mass is 32.1. The molecule has 0 spiro atoms. The van der Waals surface area contributed by atoms with E-state index in [0.717, 1.165) is 5.56 Å². The van der Waals surface area contributed by atoms with E-state index < -0.39 is 0 Å². The molecule has 1 amide bonds. The third kappa shape index (κ3) is 1.79. The lowest BCUT2D eigenvalue weighted by Crippen LogP contribution is -2.15. The molecule has 1 N–H and O–H groups in total. The molecule has 1 aromatic heterocycles. The lowest BCUT2D eigenvalue weighted by atomic mass is 10.3. The molecular formula is C7H6N2OS. The van der Waals surface area contributed by atoms with Gasteiger partial charge < -0.3 is 0 Å². The maximum Gasteiger partial charge on any atom is 0.274 e. The maximum absolute atomic E-state index is 10.9. The number of nitriles is 1. The minimum atomic E-state index is -0.328. The summed E-state index contributed by atoms with van der Waals surface area (Å²) in [4.78, 5) is 11.5. The number of hydrogen-bond donors (Lipinski definition) is 1. The van der Waals surface area contributed by atoms with E-state index in [1.165, 1.54) is 11.3 Å². The SMILES string of the molecule is Cc1csc(C(=O)NC#N)c1. The second-order valence-electron chi connectivity index (χ2n) is 2.05. The van der Waals surface area contributed by atoms with Crippen LogP contribution in [0.5, 0.6) is 0 Å². The fraction of sp³-hybridized carbons (Fsp3) is 0.143. The van der Waals surface area contributed by atoms with Crippen LogP contribution in [0.3, 0.4) is 0 Å². The van der Waals surface area contributed by atoms with Gasteiger partial charge in [0.15, 0.2) is 6.19 Å². The van der Waals surface area contributed by atoms with Crippen LogP contribution in [0.4, 0.5) is 0 Å². The van der Waals surface area contributed by atoms with Crippen molar-refractivity contribution in [1.29, 1.82) is 5.26 Å². The summed E-state index contributed by atoms with van der Waals surface area (Å²) in [7, 11) is 0. The summed E-state index contributed by atoms with van der Waals surface area (Å²) in [5.74, 6) is -0.328. The molecule has 4 heteroatoms. The predicted octanol–water partition coefficient (Wildman–Crippen LogP) is 1.27. The fourth-order valence-corrected chi connectivity index (χ4v) is 1.46. The number of nitrogens with one attached hydrogen (secondary N) is 1. The van der Waals surface area contributed by atoms with Gasteiger partial charge in [-0.25, -0.2) is 0 Å². The van der Waals surface area contributed by atoms with E-state index in [2.05, 4.69) is 5.32 Å². The molecule has 1 rings (SSSR count). The highest BCUT2D eigenvalue weighted by Crippen LogP contribution is 2.12. The molecule has 0 bridgehead atoms. The molecule has 1 heterocycles. The zero-order chi connectivity index (χ0) is 8.27. The fourth-order valence-electron chi connectivity index (χ4n) is 0.663. The van der Waals surface area contributed by atoms with Crippen molar-refractivity contribution >= 4 is 17.2 Å². The first-order valence-electron chi connectivity index (χ1n) is 2.98. The molecule has 0 atom stereocenters. The predicted molar refractivity (Wildman–Crippen MR) is 42.1 cm³/mol. The monoisotopic (exact) mass is 166 g/mol. The number of carbonyl (C=O) groups is 1. The Morgan fingerprint density at radius 1 is 1.82 bits per heavy atom. The van der Waals surface area contributed by atoms with Crippen molar-refractivity contribution in [3.63, 3.8) is 0 Å². The van der Waals surface area contributed by atoms with Gasteiger partial charge in [-0.2, -0.15) is 5.26 Å². The van der Waals surface area contributed by atoms with Gasteiger partial charge in [0.2, 0.25) is 0 Å². The second kappa shape index (κ2) is 3.17. The zero-order valence-corrected chi connectivity index (χ0v) is 6.73. The van der Waals surface area contributed by atoms with Crippen LogP contribution in [-0.4, -0.2) is 5.91 Å². The van der Waals surface area contributed by atoms with E-state index in [1.807, 2.05) is 12.3 Å². The van der Waals surface area contributed by atoms with E-state index in [9.17, 15) is 4.79 Å². The number of hydrogen-bond acceptors (Lipinski definition) is 3. The van der Waals surface area contributed by atoms with Crippen LogP contribution < -0.4 is 5.32 Å². The van der Waals surface area contributed by atoms with Gasteiger partial charge >= 0.3 is 0 Å². The number of amides is 1. The molecule has 1 aromatic rings. The molecule has 0 saturated carbocycles. The van der Waals surface area contributed by atoms with Crippen molar-refractivity contribution in [2.75, 3.05) is 0 Å². The Balaban J connectivity index is 2.78.